The smallest absolute Gasteiger partial charge is 0.303 e. The topological polar surface area (TPSA) is 232 Å². The molecule has 2 fully saturated rings. The highest BCUT2D eigenvalue weighted by Gasteiger charge is 2.57. The highest BCUT2D eigenvalue weighted by Crippen LogP contribution is 2.34. The van der Waals surface area contributed by atoms with Crippen LogP contribution in [0.1, 0.15) is 48.5 Å². The molecular formula is C26H36O18. The van der Waals surface area contributed by atoms with Gasteiger partial charge in [-0.3, -0.25) is 33.6 Å². The van der Waals surface area contributed by atoms with E-state index in [9.17, 15) is 38.7 Å². The van der Waals surface area contributed by atoms with Crippen LogP contribution in [0.15, 0.2) is 0 Å². The molecule has 0 aromatic rings. The number of ether oxygens (including phenoxy) is 10. The average Bonchev–Trinajstić information content (AvgIpc) is 2.87. The van der Waals surface area contributed by atoms with E-state index in [0.717, 1.165) is 48.5 Å². The van der Waals surface area contributed by atoms with Crippen LogP contribution in [0.3, 0.4) is 0 Å². The van der Waals surface area contributed by atoms with Gasteiger partial charge in [0.25, 0.3) is 0 Å². The molecule has 2 aliphatic heterocycles. The highest BCUT2D eigenvalue weighted by molar-refractivity contribution is 5.69. The maximum Gasteiger partial charge on any atom is 0.303 e. The van der Waals surface area contributed by atoms with E-state index in [4.69, 9.17) is 47.4 Å². The van der Waals surface area contributed by atoms with Gasteiger partial charge in [0.1, 0.15) is 25.4 Å². The summed E-state index contributed by atoms with van der Waals surface area (Å²) in [6, 6.07) is 0. The van der Waals surface area contributed by atoms with E-state index in [1.54, 1.807) is 0 Å². The van der Waals surface area contributed by atoms with Crippen molar-refractivity contribution in [3.63, 3.8) is 0 Å². The van der Waals surface area contributed by atoms with E-state index in [2.05, 4.69) is 0 Å². The second-order valence-corrected chi connectivity index (χ2v) is 9.68. The Morgan fingerprint density at radius 3 is 1.20 bits per heavy atom. The fourth-order valence-corrected chi connectivity index (χ4v) is 4.49. The van der Waals surface area contributed by atoms with Crippen LogP contribution >= 0.6 is 0 Å². The molecule has 0 amide bonds. The molecule has 0 aromatic heterocycles. The Hall–Kier alpha value is -3.87. The first-order valence-electron chi connectivity index (χ1n) is 13.3. The summed E-state index contributed by atoms with van der Waals surface area (Å²) in [4.78, 5) is 83.3. The van der Waals surface area contributed by atoms with E-state index in [-0.39, 0.29) is 0 Å². The predicted octanol–water partition coefficient (Wildman–Crippen LogP) is -1.40. The lowest BCUT2D eigenvalue weighted by Crippen LogP contribution is -2.67. The number of aliphatic hydroxyl groups is 1. The zero-order chi connectivity index (χ0) is 33.3. The van der Waals surface area contributed by atoms with Gasteiger partial charge < -0.3 is 52.5 Å². The van der Waals surface area contributed by atoms with Gasteiger partial charge >= 0.3 is 41.8 Å². The Kier molecular flexibility index (Phi) is 13.4. The first kappa shape index (κ1) is 36.3. The summed E-state index contributed by atoms with van der Waals surface area (Å²) in [5, 5.41) is 11.0. The number of hydrogen-bond acceptors (Lipinski definition) is 18. The summed E-state index contributed by atoms with van der Waals surface area (Å²) in [5.74, 6) is -5.97. The summed E-state index contributed by atoms with van der Waals surface area (Å²) in [5.41, 5.74) is 0. The summed E-state index contributed by atoms with van der Waals surface area (Å²) in [6.45, 7) is 6.19. The normalized spacial score (nSPS) is 31.5. The second-order valence-electron chi connectivity index (χ2n) is 9.68. The van der Waals surface area contributed by atoms with Crippen LogP contribution in [0.25, 0.3) is 0 Å². The molecular weight excluding hydrogens is 600 g/mol. The minimum atomic E-state index is -1.99. The Bertz CT molecular complexity index is 1090. The minimum Gasteiger partial charge on any atom is -0.463 e. The molecule has 0 unspecified atom stereocenters. The first-order valence-corrected chi connectivity index (χ1v) is 13.3. The summed E-state index contributed by atoms with van der Waals surface area (Å²) >= 11 is 0. The number of rotatable bonds is 11. The van der Waals surface area contributed by atoms with Crippen LogP contribution in [0.2, 0.25) is 0 Å². The number of carbonyl (C=O) groups excluding carboxylic acids is 7. The van der Waals surface area contributed by atoms with Gasteiger partial charge in [0.15, 0.2) is 49.2 Å². The summed E-state index contributed by atoms with van der Waals surface area (Å²) in [6.07, 6.45) is -16.3. The van der Waals surface area contributed by atoms with Crippen LogP contribution in [0.5, 0.6) is 0 Å². The van der Waals surface area contributed by atoms with Crippen molar-refractivity contribution in [1.29, 1.82) is 0 Å². The van der Waals surface area contributed by atoms with Gasteiger partial charge in [-0.1, -0.05) is 0 Å². The third-order valence-corrected chi connectivity index (χ3v) is 5.90. The largest absolute Gasteiger partial charge is 0.463 e. The van der Waals surface area contributed by atoms with Gasteiger partial charge in [-0.2, -0.15) is 0 Å². The Morgan fingerprint density at radius 1 is 0.477 bits per heavy atom. The van der Waals surface area contributed by atoms with E-state index in [0.29, 0.717) is 0 Å². The molecule has 18 heteroatoms. The summed E-state index contributed by atoms with van der Waals surface area (Å²) < 4.78 is 53.9. The van der Waals surface area contributed by atoms with Crippen LogP contribution in [-0.2, 0) is 80.9 Å². The lowest BCUT2D eigenvalue weighted by molar-refractivity contribution is -0.363. The molecule has 10 atom stereocenters. The number of esters is 7. The Labute approximate surface area is 251 Å². The standard InChI is InChI=1S/C26H36O18/c1-10(27)35-8-17-19(37-12(3)29)21(39-14(5)31)23(25(34)42-17)44-26-24(41-16(7)33)22(40-15(6)32)20(38-13(4)30)18(43-26)9-36-11(2)28/h17-26,34H,8-9H2,1-7H3/t17-,18-,19+,20-,21-,22+,23-,24+,25+,26+/m1/s1. The quantitative estimate of drug-likeness (QED) is 0.203. The molecule has 2 aliphatic rings. The minimum absolute atomic E-state index is 0.534. The van der Waals surface area contributed by atoms with Crippen molar-refractivity contribution in [2.75, 3.05) is 13.2 Å². The maximum absolute atomic E-state index is 12.1. The van der Waals surface area contributed by atoms with E-state index < -0.39 is 116 Å². The van der Waals surface area contributed by atoms with Crippen molar-refractivity contribution in [3.8, 4) is 0 Å². The lowest BCUT2D eigenvalue weighted by atomic mass is 9.96. The third kappa shape index (κ3) is 10.7. The van der Waals surface area contributed by atoms with E-state index in [1.165, 1.54) is 0 Å². The van der Waals surface area contributed by atoms with Crippen LogP contribution < -0.4 is 0 Å². The van der Waals surface area contributed by atoms with Crippen molar-refractivity contribution in [1.82, 2.24) is 0 Å². The van der Waals surface area contributed by atoms with Crippen molar-refractivity contribution in [3.05, 3.63) is 0 Å². The number of aliphatic hydroxyl groups excluding tert-OH is 1. The summed E-state index contributed by atoms with van der Waals surface area (Å²) in [7, 11) is 0. The average molecular weight is 637 g/mol. The molecule has 2 heterocycles. The van der Waals surface area contributed by atoms with Crippen molar-refractivity contribution in [2.24, 2.45) is 0 Å². The number of hydrogen-bond donors (Lipinski definition) is 1. The second kappa shape index (κ2) is 16.3. The van der Waals surface area contributed by atoms with Crippen LogP contribution in [0.4, 0.5) is 0 Å². The molecule has 0 spiro atoms. The lowest BCUT2D eigenvalue weighted by Gasteiger charge is -2.47. The zero-order valence-electron chi connectivity index (χ0n) is 25.1. The van der Waals surface area contributed by atoms with Gasteiger partial charge in [-0.05, 0) is 0 Å². The first-order chi connectivity index (χ1) is 20.5. The SMILES string of the molecule is CC(=O)OC[C@H]1O[C@H](O)[C@H](O[C@@H]2O[C@H](COC(C)=O)[C@@H](OC(C)=O)[C@H](OC(C)=O)[C@@H]2OC(C)=O)[C@H](OC(C)=O)[C@H]1OC(C)=O. The Morgan fingerprint density at radius 2 is 0.818 bits per heavy atom. The fourth-order valence-electron chi connectivity index (χ4n) is 4.49. The molecule has 44 heavy (non-hydrogen) atoms. The molecule has 2 saturated heterocycles. The molecule has 1 N–H and O–H groups in total. The van der Waals surface area contributed by atoms with Crippen LogP contribution in [-0.4, -0.2) is 122 Å². The van der Waals surface area contributed by atoms with Crippen molar-refractivity contribution >= 4 is 41.8 Å². The monoisotopic (exact) mass is 636 g/mol. The van der Waals surface area contributed by atoms with Gasteiger partial charge in [0, 0.05) is 48.5 Å². The molecule has 0 saturated carbocycles. The maximum atomic E-state index is 12.1. The molecule has 0 aliphatic carbocycles. The predicted molar refractivity (Wildman–Crippen MR) is 135 cm³/mol. The van der Waals surface area contributed by atoms with E-state index >= 15 is 0 Å². The third-order valence-electron chi connectivity index (χ3n) is 5.90. The van der Waals surface area contributed by atoms with Crippen LogP contribution in [0, 0.1) is 0 Å². The Balaban J connectivity index is 2.59. The number of carbonyl (C=O) groups is 7. The molecule has 2 rings (SSSR count). The molecule has 0 bridgehead atoms. The van der Waals surface area contributed by atoms with Gasteiger partial charge in [0.2, 0.25) is 0 Å². The highest BCUT2D eigenvalue weighted by atomic mass is 16.8. The van der Waals surface area contributed by atoms with Gasteiger partial charge in [0.05, 0.1) is 0 Å². The zero-order valence-corrected chi connectivity index (χ0v) is 25.1. The molecule has 248 valence electrons. The molecule has 0 aromatic carbocycles. The van der Waals surface area contributed by atoms with Gasteiger partial charge in [-0.25, -0.2) is 0 Å². The van der Waals surface area contributed by atoms with E-state index in [1.807, 2.05) is 0 Å². The molecule has 18 nitrogen and oxygen atoms in total. The van der Waals surface area contributed by atoms with Crippen molar-refractivity contribution < 1.29 is 86.0 Å². The molecule has 0 radical (unpaired) electrons. The van der Waals surface area contributed by atoms with Crippen molar-refractivity contribution in [2.45, 2.75) is 110 Å². The van der Waals surface area contributed by atoms with Gasteiger partial charge in [-0.15, -0.1) is 0 Å². The fraction of sp³-hybridized carbons (Fsp3) is 0.731.